The number of aliphatic hydroxyl groups is 1. The second-order valence-electron chi connectivity index (χ2n) is 20.4. The molecule has 15 atom stereocenters. The van der Waals surface area contributed by atoms with Crippen molar-refractivity contribution in [2.45, 2.75) is 125 Å². The lowest BCUT2D eigenvalue weighted by Gasteiger charge is -2.51. The Labute approximate surface area is 508 Å². The SMILES string of the molecule is CCS[C@@H]1O[C@H](COCc2ccccc2)[C@@H](O[C@@H]2O[C@H](COC(=O)c3ccccc3)[C@H](O[C@H]3O[C@H](COC(C)=O)[C@@H](OC(C)=O)[C@H](OC(C)=O)[C@H]3N=[N+]=[N-])[C@H](OC(=O)c3ccccc3)[C@H]2OC(=O)c2ccccc2)[C@H](O)[C@H]1N1C(=O)c2ccccc2C1=O. The molecule has 0 bridgehead atoms. The standard InChI is InChI=1S/C62H62N4O21S/c1-5-88-62-47(66-55(71)41-28-18-19-29-42(41)56(66)72)48(70)49(43(83-62)31-76-30-37-20-10-6-11-21-37)86-61-54(85-59(75)40-26-16-9-17-27-40)53(84-58(74)39-24-14-8-15-25-39)51(45(82-61)33-78-57(73)38-22-12-7-13-23-38)87-60-46(64-65-63)52(80-36(4)69)50(79-35(3)68)44(81-60)32-77-34(2)67/h6-29,43-54,60-62,70H,5,30-33H2,1-4H3/t43-,44-,45-,46-,47-,48-,49-,50-,51+,52-,53+,54-,60-,61+,62+/m1/s1. The number of azide groups is 1. The Morgan fingerprint density at radius 1 is 0.545 bits per heavy atom. The number of carbonyl (C=O) groups excluding carboxylic acids is 8. The van der Waals surface area contributed by atoms with Crippen LogP contribution in [0.2, 0.25) is 0 Å². The number of imide groups is 1. The third-order valence-corrected chi connectivity index (χ3v) is 15.5. The second kappa shape index (κ2) is 29.9. The summed E-state index contributed by atoms with van der Waals surface area (Å²) in [6.45, 7) is 3.12. The lowest BCUT2D eigenvalue weighted by molar-refractivity contribution is -0.359. The first-order chi connectivity index (χ1) is 42.5. The Morgan fingerprint density at radius 3 is 1.57 bits per heavy atom. The quantitative estimate of drug-likeness (QED) is 0.0186. The smallest absolute Gasteiger partial charge is 0.338 e. The van der Waals surface area contributed by atoms with Gasteiger partial charge in [0.2, 0.25) is 0 Å². The first-order valence-electron chi connectivity index (χ1n) is 28.0. The molecule has 0 saturated carbocycles. The van der Waals surface area contributed by atoms with Gasteiger partial charge in [-0.05, 0) is 65.4 Å². The first-order valence-corrected chi connectivity index (χ1v) is 29.0. The predicted molar refractivity (Wildman–Crippen MR) is 305 cm³/mol. The van der Waals surface area contributed by atoms with Crippen molar-refractivity contribution in [2.24, 2.45) is 5.11 Å². The molecule has 0 unspecified atom stereocenters. The van der Waals surface area contributed by atoms with Crippen LogP contribution in [0, 0.1) is 0 Å². The fourth-order valence-corrected chi connectivity index (χ4v) is 11.5. The number of amides is 2. The number of nitrogens with zero attached hydrogens (tertiary/aromatic N) is 4. The van der Waals surface area contributed by atoms with Crippen LogP contribution in [0.5, 0.6) is 0 Å². The number of ether oxygens (including phenoxy) is 12. The molecule has 3 fully saturated rings. The van der Waals surface area contributed by atoms with Crippen molar-refractivity contribution >= 4 is 59.4 Å². The van der Waals surface area contributed by atoms with Crippen LogP contribution >= 0.6 is 11.8 Å². The lowest BCUT2D eigenvalue weighted by Crippen LogP contribution is -2.69. The zero-order valence-corrected chi connectivity index (χ0v) is 48.7. The lowest BCUT2D eigenvalue weighted by atomic mass is 9.94. The average Bonchev–Trinajstić information content (AvgIpc) is 3.74. The van der Waals surface area contributed by atoms with Gasteiger partial charge in [-0.3, -0.25) is 28.9 Å². The molecule has 0 spiro atoms. The van der Waals surface area contributed by atoms with Gasteiger partial charge < -0.3 is 61.9 Å². The van der Waals surface area contributed by atoms with Gasteiger partial charge >= 0.3 is 35.8 Å². The van der Waals surface area contributed by atoms with Crippen molar-refractivity contribution in [3.63, 3.8) is 0 Å². The van der Waals surface area contributed by atoms with Crippen molar-refractivity contribution in [1.82, 2.24) is 4.90 Å². The minimum absolute atomic E-state index is 0.0291. The average molecular weight is 1230 g/mol. The summed E-state index contributed by atoms with van der Waals surface area (Å²) in [5.74, 6) is -6.87. The van der Waals surface area contributed by atoms with Crippen LogP contribution in [0.25, 0.3) is 10.4 Å². The first kappa shape index (κ1) is 63.9. The highest BCUT2D eigenvalue weighted by Gasteiger charge is 2.60. The van der Waals surface area contributed by atoms with E-state index in [9.17, 15) is 49.0 Å². The molecule has 5 aromatic carbocycles. The summed E-state index contributed by atoms with van der Waals surface area (Å²) in [5, 5.41) is 17.0. The zero-order valence-electron chi connectivity index (χ0n) is 47.9. The van der Waals surface area contributed by atoms with Gasteiger partial charge in [-0.1, -0.05) is 109 Å². The van der Waals surface area contributed by atoms with Gasteiger partial charge in [0.15, 0.2) is 37.0 Å². The van der Waals surface area contributed by atoms with Crippen molar-refractivity contribution in [3.8, 4) is 0 Å². The number of aliphatic hydroxyl groups excluding tert-OH is 1. The van der Waals surface area contributed by atoms with E-state index in [4.69, 9.17) is 56.8 Å². The van der Waals surface area contributed by atoms with E-state index in [2.05, 4.69) is 10.0 Å². The van der Waals surface area contributed by atoms with E-state index in [1.165, 1.54) is 72.4 Å². The number of fused-ring (bicyclic) bond motifs is 1. The van der Waals surface area contributed by atoms with E-state index < -0.39 is 152 Å². The van der Waals surface area contributed by atoms with Gasteiger partial charge in [0, 0.05) is 25.7 Å². The van der Waals surface area contributed by atoms with Gasteiger partial charge in [0.05, 0.1) is 41.0 Å². The van der Waals surface area contributed by atoms with Crippen molar-refractivity contribution < 1.29 is 100 Å². The maximum absolute atomic E-state index is 14.8. The monoisotopic (exact) mass is 1230 g/mol. The summed E-state index contributed by atoms with van der Waals surface area (Å²) in [6.07, 6.45) is -21.8. The molecule has 25 nitrogen and oxygen atoms in total. The molecule has 88 heavy (non-hydrogen) atoms. The van der Waals surface area contributed by atoms with E-state index in [0.717, 1.165) is 31.2 Å². The summed E-state index contributed by atoms with van der Waals surface area (Å²) >= 11 is 1.18. The second-order valence-corrected chi connectivity index (χ2v) is 21.8. The van der Waals surface area contributed by atoms with Gasteiger partial charge in [-0.15, -0.1) is 11.8 Å². The summed E-state index contributed by atoms with van der Waals surface area (Å²) in [7, 11) is 0. The van der Waals surface area contributed by atoms with Crippen molar-refractivity contribution in [1.29, 1.82) is 0 Å². The highest BCUT2D eigenvalue weighted by Crippen LogP contribution is 2.41. The zero-order chi connectivity index (χ0) is 62.4. The van der Waals surface area contributed by atoms with E-state index in [1.807, 2.05) is 37.3 Å². The molecular formula is C62H62N4O21S. The molecule has 4 aliphatic rings. The molecule has 9 rings (SSSR count). The molecule has 4 aliphatic heterocycles. The highest BCUT2D eigenvalue weighted by atomic mass is 32.2. The van der Waals surface area contributed by atoms with Crippen LogP contribution in [0.1, 0.15) is 85.0 Å². The van der Waals surface area contributed by atoms with E-state index in [-0.39, 0.29) is 41.0 Å². The maximum atomic E-state index is 14.8. The molecule has 4 heterocycles. The van der Waals surface area contributed by atoms with E-state index in [0.29, 0.717) is 5.75 Å². The van der Waals surface area contributed by atoms with Crippen molar-refractivity contribution in [3.05, 3.63) is 189 Å². The molecule has 2 amide bonds. The molecule has 462 valence electrons. The number of hydrogen-bond acceptors (Lipinski definition) is 23. The Balaban J connectivity index is 1.20. The fraction of sp³-hybridized carbons (Fsp3) is 0.387. The van der Waals surface area contributed by atoms with Crippen LogP contribution in [-0.2, 0) is 77.8 Å². The van der Waals surface area contributed by atoms with Crippen LogP contribution < -0.4 is 0 Å². The Bertz CT molecular complexity index is 3290. The van der Waals surface area contributed by atoms with Crippen LogP contribution in [0.4, 0.5) is 0 Å². The van der Waals surface area contributed by atoms with E-state index >= 15 is 0 Å². The number of rotatable bonds is 23. The minimum atomic E-state index is -2.07. The molecule has 0 radical (unpaired) electrons. The number of carbonyl (C=O) groups is 8. The number of thioether (sulfide) groups is 1. The van der Waals surface area contributed by atoms with E-state index in [1.54, 1.807) is 54.6 Å². The van der Waals surface area contributed by atoms with Gasteiger partial charge in [-0.25, -0.2) is 14.4 Å². The summed E-state index contributed by atoms with van der Waals surface area (Å²) in [4.78, 5) is 114. The molecule has 0 aliphatic carbocycles. The molecule has 3 saturated heterocycles. The summed E-state index contributed by atoms with van der Waals surface area (Å²) in [5.41, 5.74) is 9.88. The van der Waals surface area contributed by atoms with Gasteiger partial charge in [0.1, 0.15) is 67.4 Å². The van der Waals surface area contributed by atoms with Crippen LogP contribution in [-0.4, -0.2) is 174 Å². The number of benzene rings is 5. The third-order valence-electron chi connectivity index (χ3n) is 14.4. The number of esters is 6. The predicted octanol–water partition coefficient (Wildman–Crippen LogP) is 6.34. The molecular weight excluding hydrogens is 1170 g/mol. The van der Waals surface area contributed by atoms with Gasteiger partial charge in [0.25, 0.3) is 11.8 Å². The minimum Gasteiger partial charge on any atom is -0.463 e. The number of hydrogen-bond donors (Lipinski definition) is 1. The highest BCUT2D eigenvalue weighted by molar-refractivity contribution is 7.99. The van der Waals surface area contributed by atoms with Crippen LogP contribution in [0.15, 0.2) is 151 Å². The third kappa shape index (κ3) is 15.2. The molecule has 0 aromatic heterocycles. The summed E-state index contributed by atoms with van der Waals surface area (Å²) in [6, 6.07) is 34.7. The summed E-state index contributed by atoms with van der Waals surface area (Å²) < 4.78 is 75.3. The fourth-order valence-electron chi connectivity index (χ4n) is 10.5. The maximum Gasteiger partial charge on any atom is 0.338 e. The Kier molecular flexibility index (Phi) is 21.7. The Hall–Kier alpha value is -8.56. The molecule has 1 N–H and O–H groups in total. The molecule has 5 aromatic rings. The van der Waals surface area contributed by atoms with Crippen molar-refractivity contribution in [2.75, 3.05) is 25.6 Å². The normalized spacial score (nSPS) is 27.4. The topological polar surface area (TPSA) is 320 Å². The molecule has 26 heteroatoms. The largest absolute Gasteiger partial charge is 0.463 e. The Morgan fingerprint density at radius 2 is 1.02 bits per heavy atom. The van der Waals surface area contributed by atoms with Crippen LogP contribution in [0.3, 0.4) is 0 Å². The van der Waals surface area contributed by atoms with Gasteiger partial charge in [-0.2, -0.15) is 0 Å².